The van der Waals surface area contributed by atoms with Gasteiger partial charge in [-0.1, -0.05) is 13.8 Å². The zero-order valence-electron chi connectivity index (χ0n) is 13.4. The molecule has 5 heteroatoms. The Morgan fingerprint density at radius 1 is 1.38 bits per heavy atom. The van der Waals surface area contributed by atoms with E-state index in [2.05, 4.69) is 24.1 Å². The van der Waals surface area contributed by atoms with Gasteiger partial charge in [-0.15, -0.1) is 0 Å². The van der Waals surface area contributed by atoms with Gasteiger partial charge in [-0.3, -0.25) is 4.79 Å². The summed E-state index contributed by atoms with van der Waals surface area (Å²) in [7, 11) is 0. The topological polar surface area (TPSA) is 67.6 Å². The van der Waals surface area contributed by atoms with Crippen molar-refractivity contribution in [2.45, 2.75) is 51.2 Å². The quantitative estimate of drug-likeness (QED) is 0.734. The zero-order chi connectivity index (χ0) is 15.1. The minimum atomic E-state index is -0.762. The van der Waals surface area contributed by atoms with Crippen LogP contribution in [-0.4, -0.2) is 55.2 Å². The highest BCUT2D eigenvalue weighted by molar-refractivity contribution is 5.89. The van der Waals surface area contributed by atoms with Crippen molar-refractivity contribution in [3.8, 4) is 0 Å². The molecule has 0 aromatic carbocycles. The molecule has 21 heavy (non-hydrogen) atoms. The van der Waals surface area contributed by atoms with E-state index < -0.39 is 5.54 Å². The molecule has 1 aliphatic carbocycles. The molecule has 3 unspecified atom stereocenters. The van der Waals surface area contributed by atoms with E-state index in [0.717, 1.165) is 32.5 Å². The van der Waals surface area contributed by atoms with Crippen LogP contribution in [0.1, 0.15) is 39.5 Å². The van der Waals surface area contributed by atoms with Gasteiger partial charge in [-0.25, -0.2) is 0 Å². The second kappa shape index (κ2) is 5.52. The molecule has 0 aromatic heterocycles. The van der Waals surface area contributed by atoms with Crippen molar-refractivity contribution in [3.05, 3.63) is 0 Å². The van der Waals surface area contributed by atoms with Gasteiger partial charge in [0.1, 0.15) is 5.54 Å². The van der Waals surface area contributed by atoms with Gasteiger partial charge < -0.3 is 20.7 Å². The SMILES string of the molecule is CC1(C)C2OCCC2C1(N)C(=O)NCCCN1CCCC1. The molecule has 3 N–H and O–H groups in total. The Morgan fingerprint density at radius 2 is 2.10 bits per heavy atom. The normalized spacial score (nSPS) is 38.0. The first kappa shape index (κ1) is 15.3. The van der Waals surface area contributed by atoms with E-state index in [-0.39, 0.29) is 23.3 Å². The standard InChI is InChI=1S/C16H29N3O2/c1-15(2)13-12(6-11-21-13)16(15,17)14(20)18-7-5-10-19-8-3-4-9-19/h12-13H,3-11,17H2,1-2H3,(H,18,20). The summed E-state index contributed by atoms with van der Waals surface area (Å²) in [5.74, 6) is 0.201. The van der Waals surface area contributed by atoms with Gasteiger partial charge in [-0.05, 0) is 45.3 Å². The minimum absolute atomic E-state index is 0.0145. The Balaban J connectivity index is 1.48. The maximum atomic E-state index is 12.6. The van der Waals surface area contributed by atoms with E-state index in [1.54, 1.807) is 0 Å². The number of carbonyl (C=O) groups is 1. The van der Waals surface area contributed by atoms with Crippen molar-refractivity contribution in [2.75, 3.05) is 32.8 Å². The Bertz CT molecular complexity index is 406. The number of amides is 1. The van der Waals surface area contributed by atoms with E-state index in [0.29, 0.717) is 0 Å². The molecule has 120 valence electrons. The van der Waals surface area contributed by atoms with Crippen LogP contribution in [0.15, 0.2) is 0 Å². The summed E-state index contributed by atoms with van der Waals surface area (Å²) in [5, 5.41) is 3.07. The molecular weight excluding hydrogens is 266 g/mol. The van der Waals surface area contributed by atoms with Crippen LogP contribution in [0.2, 0.25) is 0 Å². The van der Waals surface area contributed by atoms with Gasteiger partial charge in [0, 0.05) is 24.5 Å². The highest BCUT2D eigenvalue weighted by atomic mass is 16.5. The molecule has 0 bridgehead atoms. The van der Waals surface area contributed by atoms with Crippen LogP contribution in [0.4, 0.5) is 0 Å². The summed E-state index contributed by atoms with van der Waals surface area (Å²) in [6.07, 6.45) is 4.70. The maximum absolute atomic E-state index is 12.6. The van der Waals surface area contributed by atoms with E-state index in [9.17, 15) is 4.79 Å². The molecule has 3 atom stereocenters. The number of fused-ring (bicyclic) bond motifs is 1. The van der Waals surface area contributed by atoms with Crippen molar-refractivity contribution in [1.82, 2.24) is 10.2 Å². The van der Waals surface area contributed by atoms with Crippen LogP contribution in [0.5, 0.6) is 0 Å². The number of ether oxygens (including phenoxy) is 1. The molecule has 2 aliphatic heterocycles. The van der Waals surface area contributed by atoms with Gasteiger partial charge >= 0.3 is 0 Å². The van der Waals surface area contributed by atoms with Gasteiger partial charge in [0.2, 0.25) is 5.91 Å². The van der Waals surface area contributed by atoms with Crippen LogP contribution < -0.4 is 11.1 Å². The first-order valence-corrected chi connectivity index (χ1v) is 8.39. The van der Waals surface area contributed by atoms with Crippen LogP contribution >= 0.6 is 0 Å². The van der Waals surface area contributed by atoms with Gasteiger partial charge in [0.05, 0.1) is 6.10 Å². The first-order valence-electron chi connectivity index (χ1n) is 8.39. The van der Waals surface area contributed by atoms with Crippen LogP contribution in [0.25, 0.3) is 0 Å². The van der Waals surface area contributed by atoms with Crippen molar-refractivity contribution >= 4 is 5.91 Å². The fourth-order valence-electron chi connectivity index (χ4n) is 4.50. The molecule has 0 radical (unpaired) electrons. The lowest BCUT2D eigenvalue weighted by molar-refractivity contribution is -0.175. The minimum Gasteiger partial charge on any atom is -0.377 e. The average Bonchev–Trinajstić information content (AvgIpc) is 3.12. The van der Waals surface area contributed by atoms with Crippen molar-refractivity contribution in [3.63, 3.8) is 0 Å². The summed E-state index contributed by atoms with van der Waals surface area (Å²) in [6.45, 7) is 9.08. The van der Waals surface area contributed by atoms with Crippen LogP contribution in [-0.2, 0) is 9.53 Å². The van der Waals surface area contributed by atoms with Crippen molar-refractivity contribution in [2.24, 2.45) is 17.1 Å². The van der Waals surface area contributed by atoms with Crippen LogP contribution in [0.3, 0.4) is 0 Å². The molecule has 3 rings (SSSR count). The number of likely N-dealkylation sites (tertiary alicyclic amines) is 1. The molecular formula is C16H29N3O2. The predicted molar refractivity (Wildman–Crippen MR) is 81.8 cm³/mol. The summed E-state index contributed by atoms with van der Waals surface area (Å²) >= 11 is 0. The van der Waals surface area contributed by atoms with Gasteiger partial charge in [-0.2, -0.15) is 0 Å². The number of hydrogen-bond acceptors (Lipinski definition) is 4. The Kier molecular flexibility index (Phi) is 4.01. The molecule has 0 aromatic rings. The molecule has 2 saturated heterocycles. The number of nitrogens with zero attached hydrogens (tertiary/aromatic N) is 1. The number of rotatable bonds is 5. The Labute approximate surface area is 127 Å². The lowest BCUT2D eigenvalue weighted by Gasteiger charge is -2.60. The highest BCUT2D eigenvalue weighted by Crippen LogP contribution is 2.58. The summed E-state index contributed by atoms with van der Waals surface area (Å²) < 4.78 is 5.74. The van der Waals surface area contributed by atoms with E-state index in [1.807, 2.05) is 0 Å². The fraction of sp³-hybridized carbons (Fsp3) is 0.938. The third-order valence-electron chi connectivity index (χ3n) is 5.97. The predicted octanol–water partition coefficient (Wildman–Crippen LogP) is 0.731. The smallest absolute Gasteiger partial charge is 0.241 e. The lowest BCUT2D eigenvalue weighted by atomic mass is 9.48. The van der Waals surface area contributed by atoms with Crippen molar-refractivity contribution in [1.29, 1.82) is 0 Å². The Morgan fingerprint density at radius 3 is 2.81 bits per heavy atom. The molecule has 2 heterocycles. The first-order chi connectivity index (χ1) is 9.98. The molecule has 3 aliphatic rings. The molecule has 5 nitrogen and oxygen atoms in total. The Hall–Kier alpha value is -0.650. The third-order valence-corrected chi connectivity index (χ3v) is 5.97. The lowest BCUT2D eigenvalue weighted by Crippen LogP contribution is -2.80. The zero-order valence-corrected chi connectivity index (χ0v) is 13.4. The summed E-state index contributed by atoms with van der Waals surface area (Å²) in [5.41, 5.74) is 5.48. The third kappa shape index (κ3) is 2.30. The number of hydrogen-bond donors (Lipinski definition) is 2. The number of nitrogens with one attached hydrogen (secondary N) is 1. The van der Waals surface area contributed by atoms with Crippen LogP contribution in [0, 0.1) is 11.3 Å². The largest absolute Gasteiger partial charge is 0.377 e. The highest BCUT2D eigenvalue weighted by Gasteiger charge is 2.71. The van der Waals surface area contributed by atoms with E-state index >= 15 is 0 Å². The van der Waals surface area contributed by atoms with Crippen molar-refractivity contribution < 1.29 is 9.53 Å². The molecule has 1 saturated carbocycles. The number of carbonyl (C=O) groups excluding carboxylic acids is 1. The summed E-state index contributed by atoms with van der Waals surface area (Å²) in [6, 6.07) is 0. The number of nitrogens with two attached hydrogens (primary N) is 1. The second-order valence-electron chi connectivity index (χ2n) is 7.44. The maximum Gasteiger partial charge on any atom is 0.241 e. The van der Waals surface area contributed by atoms with Gasteiger partial charge in [0.25, 0.3) is 0 Å². The molecule has 0 spiro atoms. The van der Waals surface area contributed by atoms with E-state index in [1.165, 1.54) is 25.9 Å². The second-order valence-corrected chi connectivity index (χ2v) is 7.44. The molecule has 3 fully saturated rings. The summed E-state index contributed by atoms with van der Waals surface area (Å²) in [4.78, 5) is 15.1. The monoisotopic (exact) mass is 295 g/mol. The average molecular weight is 295 g/mol. The van der Waals surface area contributed by atoms with E-state index in [4.69, 9.17) is 10.5 Å². The van der Waals surface area contributed by atoms with Gasteiger partial charge in [0.15, 0.2) is 0 Å². The fourth-order valence-corrected chi connectivity index (χ4v) is 4.50. The molecule has 1 amide bonds.